The van der Waals surface area contributed by atoms with Gasteiger partial charge >= 0.3 is 6.18 Å². The van der Waals surface area contributed by atoms with Crippen molar-refractivity contribution in [1.29, 1.82) is 0 Å². The number of amides is 1. The first-order valence-corrected chi connectivity index (χ1v) is 9.85. The Bertz CT molecular complexity index is 992. The van der Waals surface area contributed by atoms with Gasteiger partial charge in [0.25, 0.3) is 5.91 Å². The van der Waals surface area contributed by atoms with Crippen LogP contribution in [0.4, 0.5) is 32.0 Å². The minimum atomic E-state index is -4.58. The van der Waals surface area contributed by atoms with Crippen LogP contribution in [0.3, 0.4) is 0 Å². The fraction of sp³-hybridized carbons (Fsp3) is 0.316. The Morgan fingerprint density at radius 3 is 2.26 bits per heavy atom. The van der Waals surface area contributed by atoms with Crippen molar-refractivity contribution in [3.8, 4) is 0 Å². The molecule has 0 saturated heterocycles. The molecule has 1 aliphatic carbocycles. The van der Waals surface area contributed by atoms with Gasteiger partial charge in [0, 0.05) is 24.1 Å². The molecule has 2 atom stereocenters. The van der Waals surface area contributed by atoms with Crippen LogP contribution < -0.4 is 10.6 Å². The Labute approximate surface area is 187 Å². The molecule has 12 heteroatoms. The van der Waals surface area contributed by atoms with E-state index in [0.29, 0.717) is 5.69 Å². The number of hydrogen-bond acceptors (Lipinski definition) is 2. The lowest BCUT2D eigenvalue weighted by Crippen LogP contribution is -2.33. The summed E-state index contributed by atoms with van der Waals surface area (Å²) >= 11 is 18.3. The standard InChI is InChI=1S/C19H13Cl3F6N2O/c20-12-2-1-9(5-10(12)17(31)30-7-18(26,27)28)29-6-11-15(19(11,21)22)8-3-13(23)16(25)14(24)4-8/h1-5,11,15,29H,6-7H2,(H,30,31). The second kappa shape index (κ2) is 8.60. The third-order valence-electron chi connectivity index (χ3n) is 4.75. The average molecular weight is 506 g/mol. The van der Waals surface area contributed by atoms with E-state index in [-0.39, 0.29) is 22.7 Å². The fourth-order valence-corrected chi connectivity index (χ4v) is 4.21. The Morgan fingerprint density at radius 1 is 1.06 bits per heavy atom. The van der Waals surface area contributed by atoms with Crippen LogP contribution in [0.2, 0.25) is 5.02 Å². The number of carbonyl (C=O) groups is 1. The number of rotatable bonds is 6. The zero-order valence-corrected chi connectivity index (χ0v) is 17.5. The maximum Gasteiger partial charge on any atom is 0.405 e. The van der Waals surface area contributed by atoms with E-state index in [9.17, 15) is 31.1 Å². The van der Waals surface area contributed by atoms with E-state index in [4.69, 9.17) is 34.8 Å². The number of anilines is 1. The van der Waals surface area contributed by atoms with Crippen LogP contribution in [0.15, 0.2) is 30.3 Å². The first kappa shape index (κ1) is 23.8. The lowest BCUT2D eigenvalue weighted by Gasteiger charge is -2.12. The molecule has 0 aromatic heterocycles. The van der Waals surface area contributed by atoms with Gasteiger partial charge in [-0.25, -0.2) is 13.2 Å². The van der Waals surface area contributed by atoms with Crippen LogP contribution in [-0.2, 0) is 0 Å². The molecule has 1 saturated carbocycles. The molecule has 3 nitrogen and oxygen atoms in total. The Morgan fingerprint density at radius 2 is 1.68 bits per heavy atom. The van der Waals surface area contributed by atoms with Crippen LogP contribution in [0.5, 0.6) is 0 Å². The molecule has 1 amide bonds. The summed E-state index contributed by atoms with van der Waals surface area (Å²) in [6, 6.07) is 5.66. The first-order chi connectivity index (χ1) is 14.3. The zero-order valence-electron chi connectivity index (χ0n) is 15.3. The van der Waals surface area contributed by atoms with Crippen molar-refractivity contribution in [2.24, 2.45) is 5.92 Å². The van der Waals surface area contributed by atoms with Crippen LogP contribution in [0.1, 0.15) is 21.8 Å². The van der Waals surface area contributed by atoms with Gasteiger partial charge in [-0.15, -0.1) is 23.2 Å². The van der Waals surface area contributed by atoms with Crippen LogP contribution in [-0.4, -0.2) is 29.5 Å². The van der Waals surface area contributed by atoms with E-state index >= 15 is 0 Å². The van der Waals surface area contributed by atoms with Gasteiger partial charge in [0.15, 0.2) is 17.5 Å². The highest BCUT2D eigenvalue weighted by Gasteiger charge is 2.63. The van der Waals surface area contributed by atoms with E-state index in [1.807, 2.05) is 0 Å². The summed E-state index contributed by atoms with van der Waals surface area (Å²) in [4.78, 5) is 12.0. The summed E-state index contributed by atoms with van der Waals surface area (Å²) in [5, 5.41) is 4.57. The number of hydrogen-bond donors (Lipinski definition) is 2. The predicted octanol–water partition coefficient (Wildman–Crippen LogP) is 6.05. The van der Waals surface area contributed by atoms with Gasteiger partial charge in [-0.05, 0) is 35.9 Å². The summed E-state index contributed by atoms with van der Waals surface area (Å²) in [7, 11) is 0. The van der Waals surface area contributed by atoms with Gasteiger partial charge in [-0.3, -0.25) is 4.79 Å². The molecule has 0 bridgehead atoms. The second-order valence-electron chi connectivity index (χ2n) is 6.93. The summed E-state index contributed by atoms with van der Waals surface area (Å²) in [5.74, 6) is -6.59. The molecule has 0 heterocycles. The molecule has 0 radical (unpaired) electrons. The van der Waals surface area contributed by atoms with E-state index in [1.165, 1.54) is 18.2 Å². The highest BCUT2D eigenvalue weighted by molar-refractivity contribution is 6.52. The van der Waals surface area contributed by atoms with Gasteiger partial charge in [0.05, 0.1) is 10.6 Å². The highest BCUT2D eigenvalue weighted by atomic mass is 35.5. The first-order valence-electron chi connectivity index (χ1n) is 8.72. The summed E-state index contributed by atoms with van der Waals surface area (Å²) < 4.78 is 75.7. The topological polar surface area (TPSA) is 41.1 Å². The van der Waals surface area contributed by atoms with Gasteiger partial charge in [0.2, 0.25) is 0 Å². The SMILES string of the molecule is O=C(NCC(F)(F)F)c1cc(NCC2C(c3cc(F)c(F)c(F)c3)C2(Cl)Cl)ccc1Cl. The lowest BCUT2D eigenvalue weighted by atomic mass is 10.1. The average Bonchev–Trinajstić information content (AvgIpc) is 3.23. The molecule has 2 N–H and O–H groups in total. The maximum atomic E-state index is 13.5. The van der Waals surface area contributed by atoms with Crippen molar-refractivity contribution >= 4 is 46.4 Å². The largest absolute Gasteiger partial charge is 0.405 e. The molecule has 2 unspecified atom stereocenters. The molecule has 168 valence electrons. The summed E-state index contributed by atoms with van der Waals surface area (Å²) in [5.41, 5.74) is 0.221. The smallest absolute Gasteiger partial charge is 0.385 e. The number of alkyl halides is 5. The summed E-state index contributed by atoms with van der Waals surface area (Å²) in [6.07, 6.45) is -4.58. The molecule has 0 aliphatic heterocycles. The predicted molar refractivity (Wildman–Crippen MR) is 105 cm³/mol. The van der Waals surface area contributed by atoms with Crippen molar-refractivity contribution in [3.63, 3.8) is 0 Å². The molecule has 1 aliphatic rings. The van der Waals surface area contributed by atoms with E-state index in [1.54, 1.807) is 5.32 Å². The maximum absolute atomic E-state index is 13.5. The zero-order chi connectivity index (χ0) is 23.1. The van der Waals surface area contributed by atoms with E-state index in [2.05, 4.69) is 5.32 Å². The Kier molecular flexibility index (Phi) is 6.60. The molecular formula is C19H13Cl3F6N2O. The van der Waals surface area contributed by atoms with Crippen molar-refractivity contribution in [2.45, 2.75) is 16.4 Å². The lowest BCUT2D eigenvalue weighted by molar-refractivity contribution is -0.123. The molecule has 3 rings (SSSR count). The number of benzene rings is 2. The second-order valence-corrected chi connectivity index (χ2v) is 8.78. The van der Waals surface area contributed by atoms with Crippen molar-refractivity contribution in [3.05, 3.63) is 63.9 Å². The van der Waals surface area contributed by atoms with Gasteiger partial charge in [0.1, 0.15) is 10.9 Å². The monoisotopic (exact) mass is 504 g/mol. The van der Waals surface area contributed by atoms with Crippen molar-refractivity contribution in [1.82, 2.24) is 5.32 Å². The molecular weight excluding hydrogens is 493 g/mol. The van der Waals surface area contributed by atoms with Crippen molar-refractivity contribution < 1.29 is 31.1 Å². The van der Waals surface area contributed by atoms with Crippen LogP contribution in [0.25, 0.3) is 0 Å². The van der Waals surface area contributed by atoms with E-state index < -0.39 is 52.2 Å². The fourth-order valence-electron chi connectivity index (χ4n) is 3.17. The quantitative estimate of drug-likeness (QED) is 0.285. The Hall–Kier alpha value is -1.84. The number of carbonyl (C=O) groups excluding carboxylic acids is 1. The molecule has 2 aromatic rings. The summed E-state index contributed by atoms with van der Waals surface area (Å²) in [6.45, 7) is -1.43. The van der Waals surface area contributed by atoms with Gasteiger partial charge in [-0.2, -0.15) is 13.2 Å². The van der Waals surface area contributed by atoms with Crippen LogP contribution >= 0.6 is 34.8 Å². The minimum absolute atomic E-state index is 0.0594. The van der Waals surface area contributed by atoms with Gasteiger partial charge < -0.3 is 10.6 Å². The number of halogens is 9. The molecule has 0 spiro atoms. The van der Waals surface area contributed by atoms with E-state index in [0.717, 1.165) is 12.1 Å². The molecule has 31 heavy (non-hydrogen) atoms. The molecule has 2 aromatic carbocycles. The third-order valence-corrected chi connectivity index (χ3v) is 6.11. The van der Waals surface area contributed by atoms with Crippen molar-refractivity contribution in [2.75, 3.05) is 18.4 Å². The van der Waals surface area contributed by atoms with Crippen LogP contribution in [0, 0.1) is 23.4 Å². The van der Waals surface area contributed by atoms with Gasteiger partial charge in [-0.1, -0.05) is 11.6 Å². The molecule has 1 fully saturated rings. The number of nitrogens with one attached hydrogen (secondary N) is 2. The third kappa shape index (κ3) is 5.32. The minimum Gasteiger partial charge on any atom is -0.385 e. The normalized spacial score (nSPS) is 19.8. The highest BCUT2D eigenvalue weighted by Crippen LogP contribution is 2.65. The Balaban J connectivity index is 1.69.